The fraction of sp³-hybridized carbons (Fsp3) is 0.846. The van der Waals surface area contributed by atoms with E-state index in [9.17, 15) is 0 Å². The molecule has 0 nitrogen and oxygen atoms in total. The van der Waals surface area contributed by atoms with Crippen LogP contribution in [0.2, 0.25) is 0 Å². The Hall–Kier alpha value is -1.32. The summed E-state index contributed by atoms with van der Waals surface area (Å²) in [5, 5.41) is 0. The van der Waals surface area contributed by atoms with E-state index < -0.39 is 0 Å². The van der Waals surface area contributed by atoms with Gasteiger partial charge in [-0.1, -0.05) is 38.5 Å². The molecule has 0 N–H and O–H groups in total. The zero-order chi connectivity index (χ0) is 27.0. The third kappa shape index (κ3) is 2.71. The van der Waals surface area contributed by atoms with Crippen LogP contribution in [0.4, 0.5) is 0 Å². The minimum absolute atomic E-state index is 0.113. The molecule has 10 unspecified atom stereocenters. The molecular weight excluding hydrogens is 468 g/mol. The van der Waals surface area contributed by atoms with Gasteiger partial charge in [0.1, 0.15) is 0 Å². The van der Waals surface area contributed by atoms with Gasteiger partial charge in [0, 0.05) is 16.2 Å². The number of rotatable bonds is 2. The quantitative estimate of drug-likeness (QED) is 0.320. The minimum Gasteiger partial charge on any atom is -0.120 e. The van der Waals surface area contributed by atoms with Crippen LogP contribution in [0, 0.1) is 103 Å². The van der Waals surface area contributed by atoms with Gasteiger partial charge in [-0.15, -0.1) is 19.3 Å². The Morgan fingerprint density at radius 1 is 0.385 bits per heavy atom. The Bertz CT molecular complexity index is 1310. The molecule has 0 spiro atoms. The second-order valence-corrected chi connectivity index (χ2v) is 19.9. The monoisotopic (exact) mass is 518 g/mol. The molecule has 0 aliphatic heterocycles. The third-order valence-electron chi connectivity index (χ3n) is 16.2. The van der Waals surface area contributed by atoms with Gasteiger partial charge in [0.15, 0.2) is 0 Å². The molecule has 12 aliphatic rings. The predicted molar refractivity (Wildman–Crippen MR) is 158 cm³/mol. The highest BCUT2D eigenvalue weighted by atomic mass is 14.8. The van der Waals surface area contributed by atoms with Crippen molar-refractivity contribution in [3.63, 3.8) is 0 Å². The molecule has 0 heterocycles. The van der Waals surface area contributed by atoms with Crippen LogP contribution in [0.5, 0.6) is 0 Å². The Kier molecular flexibility index (Phi) is 3.96. The average Bonchev–Trinajstić information content (AvgIpc) is 2.79. The van der Waals surface area contributed by atoms with Crippen LogP contribution in [-0.2, 0) is 0 Å². The zero-order valence-electron chi connectivity index (χ0n) is 25.1. The molecule has 0 aromatic carbocycles. The minimum atomic E-state index is 0.113. The third-order valence-corrected chi connectivity index (χ3v) is 16.2. The molecule has 12 fully saturated rings. The first kappa shape index (κ1) is 24.3. The molecule has 0 radical (unpaired) electrons. The Labute approximate surface area is 239 Å². The van der Waals surface area contributed by atoms with Crippen LogP contribution in [0.25, 0.3) is 0 Å². The van der Waals surface area contributed by atoms with Gasteiger partial charge in [-0.25, -0.2) is 0 Å². The first-order chi connectivity index (χ1) is 18.2. The highest BCUT2D eigenvalue weighted by molar-refractivity contribution is 5.33. The van der Waals surface area contributed by atoms with Crippen molar-refractivity contribution in [3.05, 3.63) is 0 Å². The smallest absolute Gasteiger partial charge is 0.0328 e. The maximum absolute atomic E-state index is 6.70. The van der Waals surface area contributed by atoms with Gasteiger partial charge < -0.3 is 0 Å². The van der Waals surface area contributed by atoms with Gasteiger partial charge in [0.2, 0.25) is 0 Å². The lowest BCUT2D eigenvalue weighted by Gasteiger charge is -2.81. The van der Waals surface area contributed by atoms with Gasteiger partial charge in [-0.3, -0.25) is 0 Å². The molecule has 0 aromatic heterocycles. The molecule has 10 atom stereocenters. The van der Waals surface area contributed by atoms with Crippen LogP contribution in [0.3, 0.4) is 0 Å². The standard InChI is InChI=1S/C39H50/c1-7-33-11-28-10-30(4,17-33)20-36(13-28,23-33)37-14-29-12-34(8-2,24-37)25-38(15-29,27-37)39-21-31(5)16-32(6,22-39)19-35(9-3,18-31)26-39/h1-3,28-29H,10-27H2,4-6H3. The molecule has 12 rings (SSSR count). The van der Waals surface area contributed by atoms with E-state index in [-0.39, 0.29) is 16.2 Å². The van der Waals surface area contributed by atoms with Gasteiger partial charge in [-0.05, 0) is 165 Å². The first-order valence-electron chi connectivity index (χ1n) is 16.7. The molecule has 39 heavy (non-hydrogen) atoms. The van der Waals surface area contributed by atoms with Crippen LogP contribution in [-0.4, -0.2) is 0 Å². The number of hydrogen-bond acceptors (Lipinski definition) is 0. The summed E-state index contributed by atoms with van der Waals surface area (Å²) < 4.78 is 0. The van der Waals surface area contributed by atoms with E-state index in [1.807, 2.05) is 0 Å². The van der Waals surface area contributed by atoms with Crippen molar-refractivity contribution in [2.75, 3.05) is 0 Å². The Morgan fingerprint density at radius 2 is 0.795 bits per heavy atom. The van der Waals surface area contributed by atoms with E-state index in [0.29, 0.717) is 37.9 Å². The van der Waals surface area contributed by atoms with Crippen molar-refractivity contribution in [3.8, 4) is 37.0 Å². The van der Waals surface area contributed by atoms with Crippen LogP contribution in [0.15, 0.2) is 0 Å². The summed E-state index contributed by atoms with van der Waals surface area (Å²) in [5.74, 6) is 12.3. The maximum atomic E-state index is 6.70. The lowest BCUT2D eigenvalue weighted by atomic mass is 9.23. The SMILES string of the molecule is C#CC12CC3CC(C)(C1)CC(C14CC5CC(C#C)(C1)CC(C16CC7(C)CC(C)(CC(C#C)(C7)C1)C6)(C5)C4)(C3)C2. The van der Waals surface area contributed by atoms with Gasteiger partial charge in [0.25, 0.3) is 0 Å². The predicted octanol–water partition coefficient (Wildman–Crippen LogP) is 9.19. The number of terminal acetylenes is 3. The van der Waals surface area contributed by atoms with E-state index in [1.54, 1.807) is 0 Å². The molecule has 206 valence electrons. The van der Waals surface area contributed by atoms with Crippen molar-refractivity contribution >= 4 is 0 Å². The average molecular weight is 519 g/mol. The van der Waals surface area contributed by atoms with E-state index in [0.717, 1.165) is 11.8 Å². The molecule has 0 amide bonds. The van der Waals surface area contributed by atoms with Crippen molar-refractivity contribution < 1.29 is 0 Å². The van der Waals surface area contributed by atoms with E-state index in [1.165, 1.54) is 116 Å². The van der Waals surface area contributed by atoms with Crippen LogP contribution >= 0.6 is 0 Å². The van der Waals surface area contributed by atoms with Crippen LogP contribution < -0.4 is 0 Å². The molecule has 12 saturated carbocycles. The van der Waals surface area contributed by atoms with Crippen molar-refractivity contribution in [2.24, 2.45) is 66.0 Å². The van der Waals surface area contributed by atoms with E-state index in [4.69, 9.17) is 19.3 Å². The van der Waals surface area contributed by atoms with E-state index in [2.05, 4.69) is 38.5 Å². The lowest BCUT2D eigenvalue weighted by Crippen LogP contribution is -2.72. The summed E-state index contributed by atoms with van der Waals surface area (Å²) in [6.45, 7) is 7.89. The summed E-state index contributed by atoms with van der Waals surface area (Å²) in [7, 11) is 0. The van der Waals surface area contributed by atoms with Crippen LogP contribution in [0.1, 0.15) is 136 Å². The summed E-state index contributed by atoms with van der Waals surface area (Å²) in [5.41, 5.74) is 3.26. The topological polar surface area (TPSA) is 0 Å². The number of hydrogen-bond donors (Lipinski definition) is 0. The largest absolute Gasteiger partial charge is 0.120 e. The molecule has 0 aromatic rings. The van der Waals surface area contributed by atoms with Gasteiger partial charge in [0.05, 0.1) is 0 Å². The van der Waals surface area contributed by atoms with Gasteiger partial charge >= 0.3 is 0 Å². The zero-order valence-corrected chi connectivity index (χ0v) is 25.1. The molecule has 0 heteroatoms. The fourth-order valence-corrected chi connectivity index (χ4v) is 17.9. The molecular formula is C39H50. The molecule has 12 bridgehead atoms. The first-order valence-corrected chi connectivity index (χ1v) is 16.7. The van der Waals surface area contributed by atoms with Crippen molar-refractivity contribution in [2.45, 2.75) is 136 Å². The van der Waals surface area contributed by atoms with Gasteiger partial charge in [-0.2, -0.15) is 0 Å². The van der Waals surface area contributed by atoms with Crippen molar-refractivity contribution in [1.82, 2.24) is 0 Å². The lowest BCUT2D eigenvalue weighted by molar-refractivity contribution is -0.306. The summed E-state index contributed by atoms with van der Waals surface area (Å²) in [6, 6.07) is 0. The van der Waals surface area contributed by atoms with Crippen molar-refractivity contribution in [1.29, 1.82) is 0 Å². The maximum Gasteiger partial charge on any atom is 0.0328 e. The normalized spacial score (nSPS) is 66.5. The Morgan fingerprint density at radius 3 is 1.33 bits per heavy atom. The Balaban J connectivity index is 1.22. The summed E-state index contributed by atoms with van der Waals surface area (Å²) in [6.07, 6.45) is 44.2. The molecule has 12 aliphatic carbocycles. The fourth-order valence-electron chi connectivity index (χ4n) is 17.9. The highest BCUT2D eigenvalue weighted by Gasteiger charge is 2.78. The second-order valence-electron chi connectivity index (χ2n) is 19.9. The summed E-state index contributed by atoms with van der Waals surface area (Å²) in [4.78, 5) is 0. The van der Waals surface area contributed by atoms with E-state index >= 15 is 0 Å². The second kappa shape index (κ2) is 6.36. The molecule has 0 saturated heterocycles. The highest BCUT2D eigenvalue weighted by Crippen LogP contribution is 2.87. The summed E-state index contributed by atoms with van der Waals surface area (Å²) >= 11 is 0.